The van der Waals surface area contributed by atoms with Gasteiger partial charge < -0.3 is 0 Å². The Morgan fingerprint density at radius 3 is 1.89 bits per heavy atom. The van der Waals surface area contributed by atoms with Gasteiger partial charge in [0.25, 0.3) is 0 Å². The Labute approximate surface area is 65.1 Å². The molecule has 0 heterocycles. The Morgan fingerprint density at radius 2 is 1.89 bits per heavy atom. The van der Waals surface area contributed by atoms with Crippen LogP contribution in [0.4, 0.5) is 8.96 Å². The third-order valence-corrected chi connectivity index (χ3v) is 1.54. The molecular formula is CBr2F2N2O2. The maximum absolute atomic E-state index is 11.4. The summed E-state index contributed by atoms with van der Waals surface area (Å²) in [6.45, 7) is 0. The van der Waals surface area contributed by atoms with Crippen LogP contribution in [0.1, 0.15) is 0 Å². The van der Waals surface area contributed by atoms with Crippen molar-refractivity contribution in [2.75, 3.05) is 0 Å². The van der Waals surface area contributed by atoms with Crippen LogP contribution in [-0.2, 0) is 0 Å². The first-order chi connectivity index (χ1) is 3.89. The summed E-state index contributed by atoms with van der Waals surface area (Å²) in [5.41, 5.74) is 0. The second-order valence-electron chi connectivity index (χ2n) is 1.000. The third-order valence-electron chi connectivity index (χ3n) is 0.423. The summed E-state index contributed by atoms with van der Waals surface area (Å²) in [5.74, 6) is 0. The number of nitro groups is 1. The zero-order valence-electron chi connectivity index (χ0n) is 3.72. The van der Waals surface area contributed by atoms with Crippen molar-refractivity contribution in [3.8, 4) is 0 Å². The number of nitrogens with zero attached hydrogens (tertiary/aromatic N) is 2. The summed E-state index contributed by atoms with van der Waals surface area (Å²) in [4.78, 5) is 8.42. The van der Waals surface area contributed by atoms with Crippen LogP contribution >= 0.6 is 31.9 Å². The number of alkyl halides is 2. The lowest BCUT2D eigenvalue weighted by Crippen LogP contribution is -2.34. The van der Waals surface area contributed by atoms with Crippen molar-refractivity contribution in [3.05, 3.63) is 10.1 Å². The van der Waals surface area contributed by atoms with Crippen molar-refractivity contribution < 1.29 is 13.9 Å². The lowest BCUT2D eigenvalue weighted by molar-refractivity contribution is -0.564. The number of hydrogen-bond donors (Lipinski definition) is 0. The Kier molecular flexibility index (Phi) is 2.90. The average molecular weight is 270 g/mol. The molecule has 0 saturated carbocycles. The van der Waals surface area contributed by atoms with Crippen LogP contribution in [-0.4, -0.2) is 13.7 Å². The Balaban J connectivity index is 4.19. The van der Waals surface area contributed by atoms with Crippen molar-refractivity contribution in [3.63, 3.8) is 0 Å². The molecule has 0 aromatic rings. The minimum absolute atomic E-state index is 1.23. The fourth-order valence-electron chi connectivity index (χ4n) is 0.0617. The van der Waals surface area contributed by atoms with Gasteiger partial charge in [-0.3, -0.25) is 10.1 Å². The van der Waals surface area contributed by atoms with Crippen LogP contribution in [0.15, 0.2) is 0 Å². The van der Waals surface area contributed by atoms with E-state index in [1.54, 1.807) is 0 Å². The molecule has 0 saturated heterocycles. The van der Waals surface area contributed by atoms with E-state index >= 15 is 0 Å². The first kappa shape index (κ1) is 9.18. The van der Waals surface area contributed by atoms with Crippen LogP contribution in [0.5, 0.6) is 0 Å². The predicted octanol–water partition coefficient (Wildman–Crippen LogP) is 1.74. The standard InChI is InChI=1S/CBr2F2N2O2/c2-1(3,6(4)5)7(8)9. The van der Waals surface area contributed by atoms with Gasteiger partial charge in [-0.2, -0.15) is 0 Å². The fourth-order valence-corrected chi connectivity index (χ4v) is 0.0617. The van der Waals surface area contributed by atoms with Crippen LogP contribution < -0.4 is 0 Å². The zero-order valence-corrected chi connectivity index (χ0v) is 6.89. The molecule has 0 aliphatic carbocycles. The van der Waals surface area contributed by atoms with Crippen LogP contribution in [0, 0.1) is 10.1 Å². The van der Waals surface area contributed by atoms with E-state index in [-0.39, 0.29) is 0 Å². The second-order valence-corrected chi connectivity index (χ2v) is 4.28. The molecule has 0 aromatic heterocycles. The van der Waals surface area contributed by atoms with E-state index in [0.29, 0.717) is 0 Å². The normalized spacial score (nSPS) is 12.1. The van der Waals surface area contributed by atoms with E-state index in [1.807, 2.05) is 0 Å². The lowest BCUT2D eigenvalue weighted by Gasteiger charge is -2.08. The molecule has 0 aliphatic rings. The lowest BCUT2D eigenvalue weighted by atomic mass is 11.2. The van der Waals surface area contributed by atoms with Crippen molar-refractivity contribution in [2.45, 2.75) is 3.48 Å². The Bertz CT molecular complexity index is 128. The van der Waals surface area contributed by atoms with E-state index in [1.165, 1.54) is 0 Å². The van der Waals surface area contributed by atoms with E-state index in [0.717, 1.165) is 0 Å². The largest absolute Gasteiger partial charge is 0.437 e. The number of halogens is 4. The molecule has 0 bridgehead atoms. The van der Waals surface area contributed by atoms with Crippen LogP contribution in [0.25, 0.3) is 0 Å². The SMILES string of the molecule is O=[N+]([O-])C(Br)(Br)N(F)F. The maximum Gasteiger partial charge on any atom is 0.437 e. The first-order valence-electron chi connectivity index (χ1n) is 1.53. The summed E-state index contributed by atoms with van der Waals surface area (Å²) in [6, 6.07) is 0. The minimum atomic E-state index is -2.65. The summed E-state index contributed by atoms with van der Waals surface area (Å²) in [6.07, 6.45) is 0. The summed E-state index contributed by atoms with van der Waals surface area (Å²) in [7, 11) is 0. The van der Waals surface area contributed by atoms with Gasteiger partial charge in [0.2, 0.25) is 0 Å². The van der Waals surface area contributed by atoms with E-state index in [9.17, 15) is 19.1 Å². The molecule has 0 amide bonds. The smallest absolute Gasteiger partial charge is 0.261 e. The molecule has 0 N–H and O–H groups in total. The predicted molar refractivity (Wildman–Crippen MR) is 31.6 cm³/mol. The van der Waals surface area contributed by atoms with Gasteiger partial charge in [-0.05, 0) is 0 Å². The van der Waals surface area contributed by atoms with E-state index in [4.69, 9.17) is 0 Å². The molecular weight excluding hydrogens is 270 g/mol. The van der Waals surface area contributed by atoms with Gasteiger partial charge in [-0.15, -0.1) is 0 Å². The molecule has 0 unspecified atom stereocenters. The molecule has 4 nitrogen and oxygen atoms in total. The highest BCUT2D eigenvalue weighted by molar-refractivity contribution is 9.25. The van der Waals surface area contributed by atoms with Crippen LogP contribution in [0.2, 0.25) is 0 Å². The monoisotopic (exact) mass is 268 g/mol. The molecule has 0 rings (SSSR count). The van der Waals surface area contributed by atoms with Crippen molar-refractivity contribution >= 4 is 31.9 Å². The summed E-state index contributed by atoms with van der Waals surface area (Å²) < 4.78 is 20.1. The minimum Gasteiger partial charge on any atom is -0.261 e. The summed E-state index contributed by atoms with van der Waals surface area (Å²) in [5, 5.41) is 8.05. The van der Waals surface area contributed by atoms with Gasteiger partial charge >= 0.3 is 3.48 Å². The van der Waals surface area contributed by atoms with E-state index in [2.05, 4.69) is 31.9 Å². The number of hydrogen-bond acceptors (Lipinski definition) is 3. The molecule has 0 aliphatic heterocycles. The topological polar surface area (TPSA) is 46.4 Å². The molecule has 54 valence electrons. The fraction of sp³-hybridized carbons (Fsp3) is 1.00. The molecule has 8 heteroatoms. The molecule has 0 atom stereocenters. The Hall–Kier alpha value is 0.180. The highest BCUT2D eigenvalue weighted by Crippen LogP contribution is 2.31. The third kappa shape index (κ3) is 2.11. The van der Waals surface area contributed by atoms with Gasteiger partial charge in [-0.1, -0.05) is 8.96 Å². The molecule has 0 radical (unpaired) electrons. The van der Waals surface area contributed by atoms with Crippen LogP contribution in [0.3, 0.4) is 0 Å². The van der Waals surface area contributed by atoms with Gasteiger partial charge in [0, 0.05) is 31.9 Å². The number of rotatable bonds is 2. The molecule has 0 fully saturated rings. The second kappa shape index (κ2) is 2.84. The quantitative estimate of drug-likeness (QED) is 0.192. The van der Waals surface area contributed by atoms with Crippen molar-refractivity contribution in [2.24, 2.45) is 0 Å². The summed E-state index contributed by atoms with van der Waals surface area (Å²) >= 11 is 4.21. The average Bonchev–Trinajstić information content (AvgIpc) is 1.65. The molecule has 0 aromatic carbocycles. The highest BCUT2D eigenvalue weighted by Gasteiger charge is 2.46. The molecule has 9 heavy (non-hydrogen) atoms. The zero-order chi connectivity index (χ0) is 7.65. The van der Waals surface area contributed by atoms with Gasteiger partial charge in [0.05, 0.1) is 4.92 Å². The van der Waals surface area contributed by atoms with Crippen molar-refractivity contribution in [1.29, 1.82) is 0 Å². The van der Waals surface area contributed by atoms with E-state index < -0.39 is 13.7 Å². The molecule has 0 spiro atoms. The first-order valence-corrected chi connectivity index (χ1v) is 3.11. The Morgan fingerprint density at radius 1 is 1.56 bits per heavy atom. The van der Waals surface area contributed by atoms with Gasteiger partial charge in [0.15, 0.2) is 0 Å². The van der Waals surface area contributed by atoms with Gasteiger partial charge in [-0.25, -0.2) is 0 Å². The van der Waals surface area contributed by atoms with Crippen molar-refractivity contribution in [1.82, 2.24) is 5.34 Å². The van der Waals surface area contributed by atoms with Gasteiger partial charge in [0.1, 0.15) is 5.34 Å². The highest BCUT2D eigenvalue weighted by atomic mass is 79.9. The maximum atomic E-state index is 11.4.